The topological polar surface area (TPSA) is 107 Å². The van der Waals surface area contributed by atoms with Gasteiger partial charge in [0.15, 0.2) is 11.6 Å². The van der Waals surface area contributed by atoms with Crippen LogP contribution in [0, 0.1) is 52.3 Å². The van der Waals surface area contributed by atoms with Gasteiger partial charge < -0.3 is 9.47 Å². The summed E-state index contributed by atoms with van der Waals surface area (Å²) in [4.78, 5) is 34.0. The van der Waals surface area contributed by atoms with E-state index in [2.05, 4.69) is 28.9 Å². The Kier molecular flexibility index (Phi) is 13.2. The van der Waals surface area contributed by atoms with E-state index in [9.17, 15) is 20.1 Å². The highest BCUT2D eigenvalue weighted by molar-refractivity contribution is 6.03. The zero-order valence-electron chi connectivity index (χ0n) is 36.0. The maximum atomic E-state index is 14.4. The number of piperidine rings is 2. The molecule has 314 valence electrons. The summed E-state index contributed by atoms with van der Waals surface area (Å²) in [6, 6.07) is 25.6. The number of hydrogen-bond donors (Lipinski definition) is 0. The monoisotopic (exact) mass is 806 g/mol. The van der Waals surface area contributed by atoms with Gasteiger partial charge in [-0.2, -0.15) is 10.5 Å². The molecule has 4 aromatic rings. The molecule has 0 bridgehead atoms. The maximum Gasteiger partial charge on any atom is 0.167 e. The Hall–Kier alpha value is -4.76. The van der Waals surface area contributed by atoms with Crippen LogP contribution in [-0.4, -0.2) is 73.8 Å². The number of nitriles is 2. The van der Waals surface area contributed by atoms with E-state index in [-0.39, 0.29) is 36.2 Å². The lowest BCUT2D eigenvalue weighted by Crippen LogP contribution is -2.52. The molecule has 8 heteroatoms. The first-order chi connectivity index (χ1) is 29.3. The van der Waals surface area contributed by atoms with Crippen molar-refractivity contribution in [1.82, 2.24) is 9.80 Å². The van der Waals surface area contributed by atoms with Crippen molar-refractivity contribution in [2.24, 2.45) is 29.6 Å². The lowest BCUT2D eigenvalue weighted by molar-refractivity contribution is 0.0155. The number of methoxy groups -OCH3 is 2. The molecule has 0 aromatic heterocycles. The van der Waals surface area contributed by atoms with Crippen molar-refractivity contribution in [3.63, 3.8) is 0 Å². The molecule has 8 nitrogen and oxygen atoms in total. The largest absolute Gasteiger partial charge is 0.496 e. The van der Waals surface area contributed by atoms with Crippen LogP contribution in [0.4, 0.5) is 0 Å². The predicted molar refractivity (Wildman–Crippen MR) is 238 cm³/mol. The number of Topliss-reactive ketones (excluding diaryl/α,β-unsaturated/α-hetero) is 2. The van der Waals surface area contributed by atoms with E-state index in [0.29, 0.717) is 41.3 Å². The number of ketones is 2. The Balaban J connectivity index is 0.887. The van der Waals surface area contributed by atoms with Gasteiger partial charge in [0.1, 0.15) is 11.5 Å². The van der Waals surface area contributed by atoms with Crippen LogP contribution < -0.4 is 9.47 Å². The molecule has 2 aliphatic heterocycles. The molecule has 0 amide bonds. The summed E-state index contributed by atoms with van der Waals surface area (Å²) >= 11 is 0. The normalized spacial score (nSPS) is 24.9. The number of rotatable bonds is 16. The minimum absolute atomic E-state index is 0.00247. The van der Waals surface area contributed by atoms with Gasteiger partial charge in [-0.15, -0.1) is 0 Å². The van der Waals surface area contributed by atoms with Crippen LogP contribution in [-0.2, 0) is 12.8 Å². The van der Waals surface area contributed by atoms with E-state index in [4.69, 9.17) is 9.47 Å². The van der Waals surface area contributed by atoms with E-state index in [1.807, 2.05) is 60.7 Å². The molecule has 0 radical (unpaired) electrons. The highest BCUT2D eigenvalue weighted by Crippen LogP contribution is 2.42. The Bertz CT molecular complexity index is 2280. The average Bonchev–Trinajstić information content (AvgIpc) is 3.24. The van der Waals surface area contributed by atoms with Gasteiger partial charge in [-0.1, -0.05) is 69.0 Å². The number of likely N-dealkylation sites (tertiary alicyclic amines) is 2. The van der Waals surface area contributed by atoms with Crippen LogP contribution in [0.2, 0.25) is 0 Å². The Labute approximate surface area is 356 Å². The van der Waals surface area contributed by atoms with E-state index in [0.717, 1.165) is 109 Å². The number of carbonyl (C=O) groups is 2. The molecule has 4 atom stereocenters. The van der Waals surface area contributed by atoms with Crippen LogP contribution in [0.1, 0.15) is 116 Å². The van der Waals surface area contributed by atoms with E-state index in [1.165, 1.54) is 38.5 Å². The molecule has 2 saturated carbocycles. The fourth-order valence-electron chi connectivity index (χ4n) is 11.4. The van der Waals surface area contributed by atoms with Crippen molar-refractivity contribution in [3.8, 4) is 23.6 Å². The summed E-state index contributed by atoms with van der Waals surface area (Å²) in [5.74, 6) is 3.47. The molecule has 8 rings (SSSR count). The number of nitrogens with zero attached hydrogens (tertiary/aromatic N) is 4. The van der Waals surface area contributed by atoms with E-state index >= 15 is 0 Å². The average molecular weight is 807 g/mol. The van der Waals surface area contributed by atoms with E-state index in [1.54, 1.807) is 14.2 Å². The van der Waals surface area contributed by atoms with Crippen molar-refractivity contribution in [1.29, 1.82) is 10.5 Å². The van der Waals surface area contributed by atoms with Crippen LogP contribution >= 0.6 is 0 Å². The first-order valence-corrected chi connectivity index (χ1v) is 22.8. The van der Waals surface area contributed by atoms with Gasteiger partial charge >= 0.3 is 0 Å². The second-order valence-electron chi connectivity index (χ2n) is 18.4. The molecule has 0 unspecified atom stereocenters. The third-order valence-electron chi connectivity index (χ3n) is 15.1. The molecule has 2 heterocycles. The Morgan fingerprint density at radius 2 is 1.18 bits per heavy atom. The molecule has 4 aromatic carbocycles. The van der Waals surface area contributed by atoms with Gasteiger partial charge in [0.05, 0.1) is 39.2 Å². The highest BCUT2D eigenvalue weighted by Gasteiger charge is 2.42. The smallest absolute Gasteiger partial charge is 0.167 e. The minimum atomic E-state index is -0.00247. The second kappa shape index (κ2) is 18.9. The molecule has 4 aliphatic rings. The summed E-state index contributed by atoms with van der Waals surface area (Å²) in [5, 5.41) is 22.9. The minimum Gasteiger partial charge on any atom is -0.496 e. The van der Waals surface area contributed by atoms with Crippen LogP contribution in [0.25, 0.3) is 21.5 Å². The van der Waals surface area contributed by atoms with Crippen molar-refractivity contribution in [3.05, 3.63) is 82.9 Å². The molecular weight excluding hydrogens is 745 g/mol. The summed E-state index contributed by atoms with van der Waals surface area (Å²) in [6.45, 7) is 6.11. The first kappa shape index (κ1) is 42.0. The van der Waals surface area contributed by atoms with Crippen molar-refractivity contribution >= 4 is 33.1 Å². The molecule has 2 saturated heterocycles. The first-order valence-electron chi connectivity index (χ1n) is 22.8. The second-order valence-corrected chi connectivity index (χ2v) is 18.4. The van der Waals surface area contributed by atoms with Crippen LogP contribution in [0.15, 0.2) is 60.7 Å². The summed E-state index contributed by atoms with van der Waals surface area (Å²) in [7, 11) is 3.27. The molecular formula is C52H62N4O4. The number of benzene rings is 4. The highest BCUT2D eigenvalue weighted by atomic mass is 16.5. The van der Waals surface area contributed by atoms with Crippen molar-refractivity contribution in [2.75, 3.05) is 40.4 Å². The third kappa shape index (κ3) is 8.57. The zero-order valence-corrected chi connectivity index (χ0v) is 36.0. The Morgan fingerprint density at radius 3 is 1.65 bits per heavy atom. The van der Waals surface area contributed by atoms with Gasteiger partial charge in [-0.3, -0.25) is 19.4 Å². The fourth-order valence-corrected chi connectivity index (χ4v) is 11.4. The molecule has 0 N–H and O–H groups in total. The third-order valence-corrected chi connectivity index (χ3v) is 15.1. The van der Waals surface area contributed by atoms with Gasteiger partial charge in [0.2, 0.25) is 0 Å². The van der Waals surface area contributed by atoms with Gasteiger partial charge in [-0.25, -0.2) is 0 Å². The summed E-state index contributed by atoms with van der Waals surface area (Å²) in [6.07, 6.45) is 14.6. The molecule has 2 aliphatic carbocycles. The Morgan fingerprint density at radius 1 is 0.667 bits per heavy atom. The van der Waals surface area contributed by atoms with Gasteiger partial charge in [0.25, 0.3) is 0 Å². The van der Waals surface area contributed by atoms with Crippen LogP contribution in [0.5, 0.6) is 11.5 Å². The SMILES string of the molecule is CCC[C@@H]1CCN(C2CC(CCC[C@H]3CCN(C4CCC4)C[C@@H]3C(=O)c3ccc4c(CC#N)c(OC)ccc4c3)C2)C[C@H]1C(=O)c1ccc2c(CC#N)c(OC)ccc2c1. The molecule has 0 spiro atoms. The number of fused-ring (bicyclic) bond motifs is 2. The maximum absolute atomic E-state index is 14.4. The van der Waals surface area contributed by atoms with Crippen LogP contribution in [0.3, 0.4) is 0 Å². The number of hydrogen-bond acceptors (Lipinski definition) is 8. The number of carbonyl (C=O) groups excluding carboxylic acids is 2. The molecule has 60 heavy (non-hydrogen) atoms. The standard InChI is InChI=1S/C52H62N4O4/c1-4-7-35-22-27-56(33-47(35)51(57)39-12-16-43-37(30-39)14-18-49(59-2)45(43)20-24-53)42-28-34(29-42)8-5-9-36-23-26-55(41-10-6-11-41)32-48(36)52(58)40-13-17-44-38(31-40)15-19-50(60-3)46(44)21-25-54/h12-19,30-31,34-36,41-42,47-48H,4-11,20-23,26-29,32-33H2,1-3H3/t34?,35-,36+,42?,47-,48+/m1/s1. The summed E-state index contributed by atoms with van der Waals surface area (Å²) in [5.41, 5.74) is 3.32. The predicted octanol–water partition coefficient (Wildman–Crippen LogP) is 10.4. The van der Waals surface area contributed by atoms with Gasteiger partial charge in [-0.05, 0) is 128 Å². The number of ether oxygens (including phenoxy) is 2. The zero-order chi connectivity index (χ0) is 41.8. The van der Waals surface area contributed by atoms with Crippen molar-refractivity contribution < 1.29 is 19.1 Å². The van der Waals surface area contributed by atoms with Gasteiger partial charge in [0, 0.05) is 59.3 Å². The molecule has 4 fully saturated rings. The lowest BCUT2D eigenvalue weighted by Gasteiger charge is -2.48. The quantitative estimate of drug-likeness (QED) is 0.103. The van der Waals surface area contributed by atoms with Crippen molar-refractivity contribution in [2.45, 2.75) is 109 Å². The summed E-state index contributed by atoms with van der Waals surface area (Å²) < 4.78 is 11.1. The van der Waals surface area contributed by atoms with E-state index < -0.39 is 0 Å². The lowest BCUT2D eigenvalue weighted by atomic mass is 9.72. The fraction of sp³-hybridized carbons (Fsp3) is 0.538.